The Balaban J connectivity index is 2.62. The molecule has 82 valence electrons. The van der Waals surface area contributed by atoms with Crippen molar-refractivity contribution in [2.75, 3.05) is 0 Å². The Hall–Kier alpha value is -0.960. The number of carbonyl (C=O) groups is 1. The van der Waals surface area contributed by atoms with Crippen molar-refractivity contribution in [3.63, 3.8) is 0 Å². The largest absolute Gasteiger partial charge is 0.295 e. The van der Waals surface area contributed by atoms with Crippen molar-refractivity contribution in [1.29, 1.82) is 0 Å². The summed E-state index contributed by atoms with van der Waals surface area (Å²) in [7, 11) is 0. The van der Waals surface area contributed by atoms with Crippen LogP contribution in [0, 0.1) is 0 Å². The van der Waals surface area contributed by atoms with Crippen molar-refractivity contribution in [2.24, 2.45) is 0 Å². The third-order valence-corrected chi connectivity index (χ3v) is 3.28. The van der Waals surface area contributed by atoms with Gasteiger partial charge >= 0.3 is 0 Å². The maximum atomic E-state index is 10.6. The van der Waals surface area contributed by atoms with E-state index >= 15 is 0 Å². The molecule has 0 fully saturated rings. The van der Waals surface area contributed by atoms with E-state index in [9.17, 15) is 4.79 Å². The van der Waals surface area contributed by atoms with Gasteiger partial charge in [-0.2, -0.15) is 0 Å². The van der Waals surface area contributed by atoms with Crippen molar-refractivity contribution in [3.8, 4) is 11.1 Å². The van der Waals surface area contributed by atoms with Crippen LogP contribution in [0.25, 0.3) is 11.1 Å². The predicted octanol–water partition coefficient (Wildman–Crippen LogP) is 4.15. The number of benzene rings is 1. The van der Waals surface area contributed by atoms with E-state index in [1.54, 1.807) is 24.4 Å². The van der Waals surface area contributed by atoms with E-state index in [1.807, 2.05) is 0 Å². The second-order valence-electron chi connectivity index (χ2n) is 3.17. The zero-order chi connectivity index (χ0) is 11.7. The molecule has 1 aromatic heterocycles. The molecule has 0 spiro atoms. The number of nitrogens with zero attached hydrogens (tertiary/aromatic N) is 1. The number of hydrogen-bond donors (Lipinski definition) is 0. The van der Waals surface area contributed by atoms with Crippen molar-refractivity contribution < 1.29 is 4.79 Å². The highest BCUT2D eigenvalue weighted by Crippen LogP contribution is 2.37. The Morgan fingerprint density at radius 2 is 1.75 bits per heavy atom. The lowest BCUT2D eigenvalue weighted by atomic mass is 10.1. The lowest BCUT2D eigenvalue weighted by molar-refractivity contribution is 0.547. The molecule has 2 aromatic rings. The van der Waals surface area contributed by atoms with Gasteiger partial charge in [0, 0.05) is 23.5 Å². The molecule has 5 heteroatoms. The summed E-state index contributed by atoms with van der Waals surface area (Å²) in [5, 5.41) is 1.33. The predicted molar refractivity (Wildman–Crippen MR) is 67.0 cm³/mol. The minimum absolute atomic E-state index is 0.426. The number of carbonyl (C=O) groups excluding carboxylic acids is 1. The van der Waals surface area contributed by atoms with Gasteiger partial charge in [0.15, 0.2) is 0 Å². The molecule has 0 saturated heterocycles. The van der Waals surface area contributed by atoms with Gasteiger partial charge in [-0.3, -0.25) is 9.36 Å². The molecule has 2 nitrogen and oxygen atoms in total. The molecule has 0 amide bonds. The van der Waals surface area contributed by atoms with Crippen molar-refractivity contribution in [1.82, 2.24) is 4.57 Å². The fraction of sp³-hybridized carbons (Fsp3) is 0. The first-order valence-electron chi connectivity index (χ1n) is 4.40. The molecule has 2 rings (SSSR count). The summed E-state index contributed by atoms with van der Waals surface area (Å²) in [5.41, 5.74) is 1.39. The van der Waals surface area contributed by atoms with E-state index in [0.717, 1.165) is 0 Å². The Labute approximate surface area is 107 Å². The molecule has 0 aliphatic carbocycles. The molecule has 0 saturated carbocycles. The van der Waals surface area contributed by atoms with E-state index in [-0.39, 0.29) is 0 Å². The molecule has 0 aliphatic rings. The van der Waals surface area contributed by atoms with Crippen LogP contribution in [0.15, 0.2) is 30.6 Å². The van der Waals surface area contributed by atoms with Crippen LogP contribution in [0.1, 0.15) is 0 Å². The van der Waals surface area contributed by atoms with Gasteiger partial charge in [0.1, 0.15) is 0 Å². The van der Waals surface area contributed by atoms with Gasteiger partial charge in [-0.25, -0.2) is 0 Å². The number of hydrogen-bond acceptors (Lipinski definition) is 1. The van der Waals surface area contributed by atoms with Crippen molar-refractivity contribution >= 4 is 41.2 Å². The lowest BCUT2D eigenvalue weighted by Gasteiger charge is -2.03. The van der Waals surface area contributed by atoms with Crippen LogP contribution >= 0.6 is 34.8 Å². The summed E-state index contributed by atoms with van der Waals surface area (Å²) in [6.45, 7) is 0. The van der Waals surface area contributed by atoms with E-state index in [2.05, 4.69) is 0 Å². The van der Waals surface area contributed by atoms with Gasteiger partial charge in [-0.15, -0.1) is 0 Å². The van der Waals surface area contributed by atoms with E-state index in [0.29, 0.717) is 32.6 Å². The maximum absolute atomic E-state index is 10.6. The highest BCUT2D eigenvalue weighted by Gasteiger charge is 2.12. The quantitative estimate of drug-likeness (QED) is 0.754. The van der Waals surface area contributed by atoms with Crippen LogP contribution in [0.4, 0.5) is 0 Å². The smallest absolute Gasteiger partial charge is 0.217 e. The van der Waals surface area contributed by atoms with Gasteiger partial charge in [-0.1, -0.05) is 46.9 Å². The first-order chi connectivity index (χ1) is 7.63. The van der Waals surface area contributed by atoms with Crippen LogP contribution in [0.3, 0.4) is 0 Å². The van der Waals surface area contributed by atoms with Crippen molar-refractivity contribution in [3.05, 3.63) is 45.7 Å². The Morgan fingerprint density at radius 3 is 2.38 bits per heavy atom. The molecular formula is C11H6Cl3NO. The van der Waals surface area contributed by atoms with Gasteiger partial charge in [0.2, 0.25) is 6.41 Å². The summed E-state index contributed by atoms with van der Waals surface area (Å²) in [6.07, 6.45) is 3.78. The zero-order valence-corrected chi connectivity index (χ0v) is 10.2. The highest BCUT2D eigenvalue weighted by atomic mass is 35.5. The second kappa shape index (κ2) is 4.50. The average molecular weight is 275 g/mol. The van der Waals surface area contributed by atoms with Crippen LogP contribution in [0.5, 0.6) is 0 Å². The molecule has 0 aliphatic heterocycles. The van der Waals surface area contributed by atoms with Crippen LogP contribution in [0.2, 0.25) is 15.1 Å². The maximum Gasteiger partial charge on any atom is 0.217 e. The molecular weight excluding hydrogens is 268 g/mol. The molecule has 0 atom stereocenters. The summed E-state index contributed by atoms with van der Waals surface area (Å²) in [5.74, 6) is 0. The zero-order valence-electron chi connectivity index (χ0n) is 7.95. The molecule has 0 bridgehead atoms. The Morgan fingerprint density at radius 1 is 1.00 bits per heavy atom. The van der Waals surface area contributed by atoms with Gasteiger partial charge in [0.05, 0.1) is 15.1 Å². The first-order valence-corrected chi connectivity index (χ1v) is 5.53. The molecule has 1 heterocycles. The van der Waals surface area contributed by atoms with Crippen LogP contribution in [-0.4, -0.2) is 11.0 Å². The Bertz CT molecular complexity index is 548. The molecule has 0 radical (unpaired) electrons. The minimum Gasteiger partial charge on any atom is -0.295 e. The van der Waals surface area contributed by atoms with Crippen LogP contribution < -0.4 is 0 Å². The second-order valence-corrected chi connectivity index (χ2v) is 4.37. The van der Waals surface area contributed by atoms with E-state index in [1.165, 1.54) is 10.8 Å². The highest BCUT2D eigenvalue weighted by molar-refractivity contribution is 6.44. The van der Waals surface area contributed by atoms with E-state index < -0.39 is 0 Å². The number of halogens is 3. The normalized spacial score (nSPS) is 10.4. The SMILES string of the molecule is O=Cn1cc(Cl)c(-c2cccc(Cl)c2Cl)c1. The molecule has 1 aromatic carbocycles. The summed E-state index contributed by atoms with van der Waals surface area (Å²) in [6, 6.07) is 5.26. The summed E-state index contributed by atoms with van der Waals surface area (Å²) >= 11 is 18.0. The van der Waals surface area contributed by atoms with Crippen LogP contribution in [-0.2, 0) is 4.79 Å². The number of aromatic nitrogens is 1. The van der Waals surface area contributed by atoms with Gasteiger partial charge in [-0.05, 0) is 6.07 Å². The number of rotatable bonds is 2. The first kappa shape index (κ1) is 11.5. The fourth-order valence-corrected chi connectivity index (χ4v) is 2.08. The standard InChI is InChI=1S/C11H6Cl3NO/c12-9-3-1-2-7(11(9)14)8-4-15(6-16)5-10(8)13/h1-6H. The third kappa shape index (κ3) is 1.96. The molecule has 16 heavy (non-hydrogen) atoms. The average Bonchev–Trinajstić information content (AvgIpc) is 2.64. The minimum atomic E-state index is 0.426. The molecule has 0 N–H and O–H groups in total. The van der Waals surface area contributed by atoms with Gasteiger partial charge in [0.25, 0.3) is 0 Å². The monoisotopic (exact) mass is 273 g/mol. The lowest BCUT2D eigenvalue weighted by Crippen LogP contribution is -1.87. The van der Waals surface area contributed by atoms with Crippen molar-refractivity contribution in [2.45, 2.75) is 0 Å². The molecule has 0 unspecified atom stereocenters. The Kier molecular flexibility index (Phi) is 3.24. The summed E-state index contributed by atoms with van der Waals surface area (Å²) < 4.78 is 1.33. The van der Waals surface area contributed by atoms with E-state index in [4.69, 9.17) is 34.8 Å². The van der Waals surface area contributed by atoms with Gasteiger partial charge < -0.3 is 0 Å². The summed E-state index contributed by atoms with van der Waals surface area (Å²) in [4.78, 5) is 10.6. The fourth-order valence-electron chi connectivity index (χ4n) is 1.42. The topological polar surface area (TPSA) is 22.0 Å². The third-order valence-electron chi connectivity index (χ3n) is 2.16.